The summed E-state index contributed by atoms with van der Waals surface area (Å²) >= 11 is 8.89. The first kappa shape index (κ1) is 11.6. The minimum Gasteiger partial charge on any atom is -0.125 e. The molecule has 1 rings (SSSR count). The van der Waals surface area contributed by atoms with E-state index in [-0.39, 0.29) is 0 Å². The molecule has 0 saturated heterocycles. The molecule has 0 aliphatic carbocycles. The van der Waals surface area contributed by atoms with Crippen molar-refractivity contribution < 1.29 is 0 Å². The van der Waals surface area contributed by atoms with Gasteiger partial charge in [0, 0.05) is 14.7 Å². The van der Waals surface area contributed by atoms with Crippen molar-refractivity contribution in [3.05, 3.63) is 28.7 Å². The molecule has 0 saturated carbocycles. The fraction of sp³-hybridized carbons (Fsp3) is 0.400. The van der Waals surface area contributed by atoms with Crippen molar-refractivity contribution in [3.8, 4) is 0 Å². The van der Waals surface area contributed by atoms with Gasteiger partial charge in [0.2, 0.25) is 0 Å². The van der Waals surface area contributed by atoms with Gasteiger partial charge in [-0.05, 0) is 46.7 Å². The van der Waals surface area contributed by atoms with Crippen LogP contribution in [0.25, 0.3) is 0 Å². The highest BCUT2D eigenvalue weighted by Crippen LogP contribution is 2.27. The summed E-state index contributed by atoms with van der Waals surface area (Å²) in [6.07, 6.45) is 2.54. The topological polar surface area (TPSA) is 0 Å². The van der Waals surface area contributed by atoms with Crippen molar-refractivity contribution in [1.29, 1.82) is 0 Å². The molecule has 0 unspecified atom stereocenters. The van der Waals surface area contributed by atoms with Crippen molar-refractivity contribution in [2.75, 3.05) is 11.1 Å². The molecule has 0 atom stereocenters. The van der Waals surface area contributed by atoms with Crippen molar-refractivity contribution in [1.82, 2.24) is 0 Å². The summed E-state index contributed by atoms with van der Waals surface area (Å²) in [6, 6.07) is 8.37. The number of hydrogen-bond donors (Lipinski definition) is 0. The molecule has 0 aliphatic heterocycles. The third-order valence-corrected chi connectivity index (χ3v) is 4.30. The van der Waals surface area contributed by atoms with Crippen LogP contribution in [-0.4, -0.2) is 11.1 Å². The van der Waals surface area contributed by atoms with Gasteiger partial charge in [-0.3, -0.25) is 0 Å². The SMILES string of the molecule is BrCCCCSc1ccccc1Br. The number of alkyl halides is 1. The van der Waals surface area contributed by atoms with E-state index in [2.05, 4.69) is 50.1 Å². The third-order valence-electron chi connectivity index (χ3n) is 1.62. The van der Waals surface area contributed by atoms with Crippen LogP contribution in [0.2, 0.25) is 0 Å². The number of hydrogen-bond acceptors (Lipinski definition) is 1. The van der Waals surface area contributed by atoms with Crippen molar-refractivity contribution in [2.24, 2.45) is 0 Å². The van der Waals surface area contributed by atoms with Crippen molar-refractivity contribution >= 4 is 43.6 Å². The van der Waals surface area contributed by atoms with E-state index in [0.29, 0.717) is 0 Å². The van der Waals surface area contributed by atoms with E-state index in [1.807, 2.05) is 17.8 Å². The van der Waals surface area contributed by atoms with Crippen LogP contribution in [0.1, 0.15) is 12.8 Å². The van der Waals surface area contributed by atoms with Crippen LogP contribution >= 0.6 is 43.6 Å². The molecule has 1 aromatic rings. The van der Waals surface area contributed by atoms with E-state index < -0.39 is 0 Å². The minimum atomic E-state index is 1.11. The Bertz CT molecular complexity index is 250. The summed E-state index contributed by atoms with van der Waals surface area (Å²) in [5.74, 6) is 1.20. The van der Waals surface area contributed by atoms with Gasteiger partial charge in [0.25, 0.3) is 0 Å². The number of halogens is 2. The molecule has 0 radical (unpaired) electrons. The minimum absolute atomic E-state index is 1.11. The fourth-order valence-electron chi connectivity index (χ4n) is 0.940. The molecule has 72 valence electrons. The molecule has 0 heterocycles. The first-order valence-corrected chi connectivity index (χ1v) is 7.18. The molecule has 0 spiro atoms. The standard InChI is InChI=1S/C10H12Br2S/c11-7-3-4-8-13-10-6-2-1-5-9(10)12/h1-2,5-6H,3-4,7-8H2. The maximum Gasteiger partial charge on any atom is 0.0311 e. The maximum atomic E-state index is 3.54. The highest BCUT2D eigenvalue weighted by atomic mass is 79.9. The summed E-state index contributed by atoms with van der Waals surface area (Å²) in [6.45, 7) is 0. The Labute approximate surface area is 101 Å². The number of benzene rings is 1. The van der Waals surface area contributed by atoms with E-state index in [1.165, 1.54) is 28.0 Å². The second-order valence-corrected chi connectivity index (χ2v) is 5.46. The van der Waals surface area contributed by atoms with Gasteiger partial charge in [-0.25, -0.2) is 0 Å². The lowest BCUT2D eigenvalue weighted by atomic mass is 10.4. The first-order valence-electron chi connectivity index (χ1n) is 4.28. The van der Waals surface area contributed by atoms with Crippen LogP contribution in [0.4, 0.5) is 0 Å². The predicted octanol–water partition coefficient (Wildman–Crippen LogP) is 4.72. The van der Waals surface area contributed by atoms with Gasteiger partial charge in [-0.15, -0.1) is 11.8 Å². The van der Waals surface area contributed by atoms with Crippen LogP contribution < -0.4 is 0 Å². The monoisotopic (exact) mass is 322 g/mol. The lowest BCUT2D eigenvalue weighted by Crippen LogP contribution is -1.82. The van der Waals surface area contributed by atoms with Gasteiger partial charge in [0.15, 0.2) is 0 Å². The fourth-order valence-corrected chi connectivity index (χ4v) is 2.91. The van der Waals surface area contributed by atoms with Crippen LogP contribution in [0.3, 0.4) is 0 Å². The van der Waals surface area contributed by atoms with Gasteiger partial charge >= 0.3 is 0 Å². The van der Waals surface area contributed by atoms with E-state index in [9.17, 15) is 0 Å². The van der Waals surface area contributed by atoms with E-state index in [0.717, 1.165) is 5.33 Å². The Hall–Kier alpha value is 0.530. The second kappa shape index (κ2) is 6.91. The predicted molar refractivity (Wildman–Crippen MR) is 67.9 cm³/mol. The summed E-state index contributed by atoms with van der Waals surface area (Å²) < 4.78 is 1.21. The lowest BCUT2D eigenvalue weighted by molar-refractivity contribution is 0.912. The second-order valence-electron chi connectivity index (χ2n) is 2.67. The molecule has 3 heteroatoms. The van der Waals surface area contributed by atoms with E-state index in [4.69, 9.17) is 0 Å². The molecule has 13 heavy (non-hydrogen) atoms. The lowest BCUT2D eigenvalue weighted by Gasteiger charge is -2.02. The zero-order chi connectivity index (χ0) is 9.52. The van der Waals surface area contributed by atoms with E-state index >= 15 is 0 Å². The smallest absolute Gasteiger partial charge is 0.0311 e. The van der Waals surface area contributed by atoms with Crippen molar-refractivity contribution in [3.63, 3.8) is 0 Å². The Morgan fingerprint density at radius 1 is 1.15 bits per heavy atom. The maximum absolute atomic E-state index is 3.54. The van der Waals surface area contributed by atoms with Crippen molar-refractivity contribution in [2.45, 2.75) is 17.7 Å². The average molecular weight is 324 g/mol. The number of thioether (sulfide) groups is 1. The van der Waals surface area contributed by atoms with Gasteiger partial charge < -0.3 is 0 Å². The molecule has 0 aromatic heterocycles. The highest BCUT2D eigenvalue weighted by molar-refractivity contribution is 9.10. The Kier molecular flexibility index (Phi) is 6.16. The molecule has 0 bridgehead atoms. The summed E-state index contributed by atoms with van der Waals surface area (Å²) in [7, 11) is 0. The Balaban J connectivity index is 2.32. The summed E-state index contributed by atoms with van der Waals surface area (Å²) in [5, 5.41) is 1.11. The Morgan fingerprint density at radius 2 is 1.92 bits per heavy atom. The zero-order valence-corrected chi connectivity index (χ0v) is 11.3. The molecular weight excluding hydrogens is 312 g/mol. The summed E-state index contributed by atoms with van der Waals surface area (Å²) in [4.78, 5) is 1.34. The largest absolute Gasteiger partial charge is 0.125 e. The van der Waals surface area contributed by atoms with Gasteiger partial charge in [-0.2, -0.15) is 0 Å². The van der Waals surface area contributed by atoms with Crippen LogP contribution in [0.5, 0.6) is 0 Å². The Morgan fingerprint density at radius 3 is 2.62 bits per heavy atom. The molecule has 0 fully saturated rings. The van der Waals surface area contributed by atoms with Crippen LogP contribution in [0, 0.1) is 0 Å². The molecule has 0 aliphatic rings. The summed E-state index contributed by atoms with van der Waals surface area (Å²) in [5.41, 5.74) is 0. The normalized spacial score (nSPS) is 10.3. The molecular formula is C10H12Br2S. The quantitative estimate of drug-likeness (QED) is 0.429. The molecule has 0 nitrogen and oxygen atoms in total. The van der Waals surface area contributed by atoms with Gasteiger partial charge in [0.1, 0.15) is 0 Å². The molecule has 1 aromatic carbocycles. The molecule has 0 amide bonds. The van der Waals surface area contributed by atoms with Gasteiger partial charge in [-0.1, -0.05) is 28.1 Å². The van der Waals surface area contributed by atoms with Gasteiger partial charge in [0.05, 0.1) is 0 Å². The average Bonchev–Trinajstić information content (AvgIpc) is 2.15. The first-order chi connectivity index (χ1) is 6.34. The van der Waals surface area contributed by atoms with Crippen LogP contribution in [-0.2, 0) is 0 Å². The molecule has 0 N–H and O–H groups in total. The number of unbranched alkanes of at least 4 members (excludes halogenated alkanes) is 1. The number of rotatable bonds is 5. The van der Waals surface area contributed by atoms with E-state index in [1.54, 1.807) is 0 Å². The van der Waals surface area contributed by atoms with Crippen LogP contribution in [0.15, 0.2) is 33.6 Å². The third kappa shape index (κ3) is 4.52. The zero-order valence-electron chi connectivity index (χ0n) is 7.30. The highest BCUT2D eigenvalue weighted by Gasteiger charge is 1.97.